The maximum absolute atomic E-state index is 13.1. The Kier molecular flexibility index (Phi) is 5.07. The zero-order valence-corrected chi connectivity index (χ0v) is 17.9. The summed E-state index contributed by atoms with van der Waals surface area (Å²) in [6, 6.07) is 12.2. The number of hydrogen-bond donors (Lipinski definition) is 3. The van der Waals surface area contributed by atoms with Crippen LogP contribution in [0.4, 0.5) is 5.69 Å². The number of amides is 1. The van der Waals surface area contributed by atoms with Gasteiger partial charge in [0.2, 0.25) is 10.0 Å². The van der Waals surface area contributed by atoms with Crippen molar-refractivity contribution < 1.29 is 13.2 Å². The predicted molar refractivity (Wildman–Crippen MR) is 120 cm³/mol. The molecule has 0 radical (unpaired) electrons. The van der Waals surface area contributed by atoms with Crippen LogP contribution in [0.1, 0.15) is 15.9 Å². The van der Waals surface area contributed by atoms with E-state index in [2.05, 4.69) is 10.3 Å². The van der Waals surface area contributed by atoms with Crippen LogP contribution >= 0.6 is 0 Å². The van der Waals surface area contributed by atoms with Crippen LogP contribution in [0.2, 0.25) is 0 Å². The summed E-state index contributed by atoms with van der Waals surface area (Å²) in [6.07, 6.45) is 1.44. The van der Waals surface area contributed by atoms with E-state index < -0.39 is 27.2 Å². The summed E-state index contributed by atoms with van der Waals surface area (Å²) in [7, 11) is -2.26. The number of aryl methyl sites for hydroxylation is 2. The molecule has 0 spiro atoms. The maximum atomic E-state index is 13.1. The molecule has 164 valence electrons. The first-order chi connectivity index (χ1) is 15.1. The molecular weight excluding hydrogens is 434 g/mol. The first-order valence-electron chi connectivity index (χ1n) is 9.42. The van der Waals surface area contributed by atoms with E-state index in [9.17, 15) is 22.8 Å². The maximum Gasteiger partial charge on any atom is 0.333 e. The highest BCUT2D eigenvalue weighted by Gasteiger charge is 2.20. The van der Waals surface area contributed by atoms with Crippen molar-refractivity contribution in [1.29, 1.82) is 0 Å². The fraction of sp³-hybridized carbons (Fsp3) is 0.0952. The smallest absolute Gasteiger partial charge is 0.333 e. The number of nitrogens with one attached hydrogen (secondary N) is 2. The summed E-state index contributed by atoms with van der Waals surface area (Å²) >= 11 is 0. The first kappa shape index (κ1) is 21.3. The van der Waals surface area contributed by atoms with E-state index in [0.29, 0.717) is 11.4 Å². The van der Waals surface area contributed by atoms with Gasteiger partial charge in [-0.05, 0) is 43.3 Å². The van der Waals surface area contributed by atoms with Gasteiger partial charge in [-0.25, -0.2) is 22.9 Å². The van der Waals surface area contributed by atoms with Gasteiger partial charge < -0.3 is 14.9 Å². The lowest BCUT2D eigenvalue weighted by Gasteiger charge is -2.07. The number of sulfonamides is 1. The average molecular weight is 453 g/mol. The number of aromatic amines is 1. The van der Waals surface area contributed by atoms with Crippen molar-refractivity contribution in [3.8, 4) is 5.69 Å². The highest BCUT2D eigenvalue weighted by molar-refractivity contribution is 7.89. The number of benzene rings is 2. The number of carbonyl (C=O) groups is 1. The molecule has 0 saturated heterocycles. The molecule has 11 heteroatoms. The molecule has 2 aromatic heterocycles. The molecule has 0 aliphatic carbocycles. The van der Waals surface area contributed by atoms with E-state index in [1.54, 1.807) is 31.3 Å². The van der Waals surface area contributed by atoms with Crippen LogP contribution in [0.5, 0.6) is 0 Å². The predicted octanol–water partition coefficient (Wildman–Crippen LogP) is 1.23. The number of primary sulfonamides is 1. The number of nitrogens with zero attached hydrogens (tertiary/aromatic N) is 2. The largest absolute Gasteiger partial charge is 0.344 e. The molecule has 0 bridgehead atoms. The highest BCUT2D eigenvalue weighted by Crippen LogP contribution is 2.18. The van der Waals surface area contributed by atoms with E-state index in [4.69, 9.17) is 5.14 Å². The Morgan fingerprint density at radius 2 is 1.66 bits per heavy atom. The highest BCUT2D eigenvalue weighted by atomic mass is 32.2. The normalized spacial score (nSPS) is 11.6. The molecule has 10 nitrogen and oxygen atoms in total. The summed E-state index contributed by atoms with van der Waals surface area (Å²) < 4.78 is 25.2. The van der Waals surface area contributed by atoms with Crippen LogP contribution in [-0.4, -0.2) is 28.4 Å². The van der Waals surface area contributed by atoms with Crippen LogP contribution in [-0.2, 0) is 17.1 Å². The monoisotopic (exact) mass is 453 g/mol. The molecule has 0 saturated carbocycles. The van der Waals surface area contributed by atoms with Crippen molar-refractivity contribution in [2.24, 2.45) is 12.2 Å². The van der Waals surface area contributed by atoms with Crippen LogP contribution in [0.25, 0.3) is 16.7 Å². The van der Waals surface area contributed by atoms with Crippen molar-refractivity contribution in [2.45, 2.75) is 11.8 Å². The molecule has 32 heavy (non-hydrogen) atoms. The average Bonchev–Trinajstić information content (AvgIpc) is 3.05. The molecule has 0 atom stereocenters. The molecule has 2 aromatic carbocycles. The number of anilines is 1. The molecule has 2 heterocycles. The third-order valence-electron chi connectivity index (χ3n) is 5.00. The first-order valence-corrected chi connectivity index (χ1v) is 11.0. The Labute approximate surface area is 182 Å². The number of fused-ring (bicyclic) bond motifs is 1. The lowest BCUT2D eigenvalue weighted by atomic mass is 10.2. The lowest BCUT2D eigenvalue weighted by Crippen LogP contribution is -2.34. The van der Waals surface area contributed by atoms with Crippen LogP contribution in [0, 0.1) is 6.92 Å². The summed E-state index contributed by atoms with van der Waals surface area (Å²) in [5, 5.41) is 7.69. The molecule has 4 aromatic rings. The van der Waals surface area contributed by atoms with Crippen LogP contribution in [0.15, 0.2) is 69.2 Å². The third kappa shape index (κ3) is 3.74. The molecular formula is C21H19N5O5S. The van der Waals surface area contributed by atoms with Crippen LogP contribution in [0.3, 0.4) is 0 Å². The summed E-state index contributed by atoms with van der Waals surface area (Å²) in [4.78, 5) is 41.2. The number of aromatic nitrogens is 3. The van der Waals surface area contributed by atoms with Gasteiger partial charge in [0, 0.05) is 18.9 Å². The van der Waals surface area contributed by atoms with Gasteiger partial charge in [0.1, 0.15) is 5.52 Å². The molecule has 0 aliphatic heterocycles. The standard InChI is InChI=1S/C21H19N5O5S/c1-12-3-7-14(8-4-12)26-20(28)18-17(24-21(26)29)16(11-25(18)2)19(27)23-13-5-9-15(10-6-13)32(22,30)31/h3-11H,1-2H3,(H,23,27)(H,24,29)(H2,22,30,31). The molecule has 1 amide bonds. The summed E-state index contributed by atoms with van der Waals surface area (Å²) in [5.74, 6) is -0.581. The minimum absolute atomic E-state index is 0.0864. The molecule has 0 fully saturated rings. The molecule has 4 rings (SSSR count). The van der Waals surface area contributed by atoms with E-state index in [1.165, 1.54) is 35.0 Å². The minimum atomic E-state index is -3.86. The zero-order valence-electron chi connectivity index (χ0n) is 17.1. The van der Waals surface area contributed by atoms with Gasteiger partial charge in [-0.3, -0.25) is 9.59 Å². The molecule has 4 N–H and O–H groups in total. The number of H-pyrrole nitrogens is 1. The van der Waals surface area contributed by atoms with Gasteiger partial charge in [-0.1, -0.05) is 17.7 Å². The zero-order chi connectivity index (χ0) is 23.2. The second-order valence-corrected chi connectivity index (χ2v) is 8.87. The topological polar surface area (TPSA) is 149 Å². The van der Waals surface area contributed by atoms with Crippen molar-refractivity contribution in [2.75, 3.05) is 5.32 Å². The Hall–Kier alpha value is -3.96. The SMILES string of the molecule is Cc1ccc(-n2c(=O)[nH]c3c(C(=O)Nc4ccc(S(N)(=O)=O)cc4)cn(C)c3c2=O)cc1. The quantitative estimate of drug-likeness (QED) is 0.425. The van der Waals surface area contributed by atoms with Gasteiger partial charge in [0.05, 0.1) is 21.7 Å². The lowest BCUT2D eigenvalue weighted by molar-refractivity contribution is 0.102. The van der Waals surface area contributed by atoms with E-state index >= 15 is 0 Å². The third-order valence-corrected chi connectivity index (χ3v) is 5.93. The van der Waals surface area contributed by atoms with Crippen LogP contribution < -0.4 is 21.7 Å². The van der Waals surface area contributed by atoms with Crippen molar-refractivity contribution in [3.05, 3.63) is 86.7 Å². The number of carbonyl (C=O) groups excluding carboxylic acids is 1. The minimum Gasteiger partial charge on any atom is -0.344 e. The van der Waals surface area contributed by atoms with Gasteiger partial charge in [0.25, 0.3) is 11.5 Å². The van der Waals surface area contributed by atoms with Crippen molar-refractivity contribution in [3.63, 3.8) is 0 Å². The van der Waals surface area contributed by atoms with E-state index in [1.807, 2.05) is 6.92 Å². The van der Waals surface area contributed by atoms with Gasteiger partial charge in [0.15, 0.2) is 0 Å². The van der Waals surface area contributed by atoms with Crippen molar-refractivity contribution >= 4 is 32.7 Å². The Morgan fingerprint density at radius 3 is 2.25 bits per heavy atom. The Bertz CT molecular complexity index is 1580. The fourth-order valence-electron chi connectivity index (χ4n) is 3.40. The fourth-order valence-corrected chi connectivity index (χ4v) is 3.91. The van der Waals surface area contributed by atoms with Crippen molar-refractivity contribution in [1.82, 2.24) is 14.1 Å². The second-order valence-electron chi connectivity index (χ2n) is 7.31. The van der Waals surface area contributed by atoms with E-state index in [0.717, 1.165) is 10.1 Å². The van der Waals surface area contributed by atoms with E-state index in [-0.39, 0.29) is 21.5 Å². The number of nitrogens with two attached hydrogens (primary N) is 1. The number of rotatable bonds is 4. The molecule has 0 aliphatic rings. The second kappa shape index (κ2) is 7.62. The summed E-state index contributed by atoms with van der Waals surface area (Å²) in [6.45, 7) is 1.89. The number of hydrogen-bond acceptors (Lipinski definition) is 5. The van der Waals surface area contributed by atoms with Gasteiger partial charge in [-0.15, -0.1) is 0 Å². The van der Waals surface area contributed by atoms with Gasteiger partial charge in [-0.2, -0.15) is 0 Å². The summed E-state index contributed by atoms with van der Waals surface area (Å²) in [5.41, 5.74) is 0.804. The Morgan fingerprint density at radius 1 is 1.03 bits per heavy atom. The Balaban J connectivity index is 1.76. The van der Waals surface area contributed by atoms with Gasteiger partial charge >= 0.3 is 5.69 Å². The molecule has 0 unspecified atom stereocenters.